The summed E-state index contributed by atoms with van der Waals surface area (Å²) in [5, 5.41) is 0. The van der Waals surface area contributed by atoms with Crippen LogP contribution in [-0.2, 0) is 67.0 Å². The molecule has 0 atom stereocenters. The smallest absolute Gasteiger partial charge is 0.0366 e. The molecule has 0 radical (unpaired) electrons. The zero-order valence-corrected chi connectivity index (χ0v) is 36.9. The molecule has 0 N–H and O–H groups in total. The molecule has 0 aliphatic heterocycles. The first-order valence-electron chi connectivity index (χ1n) is 18.7. The molecule has 9 heteroatoms. The van der Waals surface area contributed by atoms with Crippen molar-refractivity contribution >= 4 is 92.9 Å². The largest absolute Gasteiger partial charge is 0.781 e. The summed E-state index contributed by atoms with van der Waals surface area (Å²) >= 11 is 22.6. The van der Waals surface area contributed by atoms with Gasteiger partial charge in [-0.2, -0.15) is 19.6 Å². The maximum absolute atomic E-state index is 5.66. The average Bonchev–Trinajstić information content (AvgIpc) is 3.20. The Hall–Kier alpha value is -3.07. The Morgan fingerprint density at radius 1 is 0.302 bits per heavy atom. The average molecular weight is 828 g/mol. The van der Waals surface area contributed by atoms with E-state index in [-0.39, 0.29) is 16.5 Å². The Bertz CT molecular complexity index is 1430. The van der Waals surface area contributed by atoms with Gasteiger partial charge in [-0.1, -0.05) is 48.5 Å². The van der Waals surface area contributed by atoms with Crippen molar-refractivity contribution in [3.05, 3.63) is 119 Å². The van der Waals surface area contributed by atoms with Crippen LogP contribution >= 0.6 is 0 Å². The SMILES string of the molecule is CCN(CC)c1ccc(/C([S-])=C(/[S-])c2ccc(N(CC)CC)cc2)cc1.CCN(CC)c1ccc(/C([S-])=C(/[S-])c2ccc(N(CC)CC)cc2)cc1.[Ni]. The molecule has 4 aromatic carbocycles. The van der Waals surface area contributed by atoms with Gasteiger partial charge in [0.1, 0.15) is 0 Å². The summed E-state index contributed by atoms with van der Waals surface area (Å²) in [7, 11) is 0. The third-order valence-corrected chi connectivity index (χ3v) is 11.5. The molecular formula is C44H56N4NiS4-4. The Morgan fingerprint density at radius 3 is 0.547 bits per heavy atom. The van der Waals surface area contributed by atoms with Crippen LogP contribution < -0.4 is 19.6 Å². The van der Waals surface area contributed by atoms with Crippen molar-refractivity contribution in [2.75, 3.05) is 72.0 Å². The Balaban J connectivity index is 0.000000360. The second-order valence-electron chi connectivity index (χ2n) is 12.2. The molecule has 0 amide bonds. The molecule has 290 valence electrons. The molecule has 0 bridgehead atoms. The van der Waals surface area contributed by atoms with Crippen LogP contribution in [0.5, 0.6) is 0 Å². The quantitative estimate of drug-likeness (QED) is 0.0621. The normalized spacial score (nSPS) is 11.6. The fourth-order valence-corrected chi connectivity index (χ4v) is 7.19. The van der Waals surface area contributed by atoms with Crippen LogP contribution in [0.1, 0.15) is 77.6 Å². The van der Waals surface area contributed by atoms with Gasteiger partial charge in [-0.3, -0.25) is 0 Å². The van der Waals surface area contributed by atoms with Gasteiger partial charge in [-0.15, -0.1) is 0 Å². The van der Waals surface area contributed by atoms with Crippen LogP contribution in [0.25, 0.3) is 19.6 Å². The molecule has 4 rings (SSSR count). The first-order chi connectivity index (χ1) is 25.1. The van der Waals surface area contributed by atoms with Crippen LogP contribution in [0, 0.1) is 0 Å². The van der Waals surface area contributed by atoms with Crippen LogP contribution in [0.3, 0.4) is 0 Å². The molecule has 4 aromatic rings. The maximum Gasteiger partial charge on any atom is 0.0366 e. The van der Waals surface area contributed by atoms with E-state index < -0.39 is 0 Å². The second-order valence-corrected chi connectivity index (χ2v) is 13.8. The number of benzene rings is 4. The van der Waals surface area contributed by atoms with E-state index in [1.165, 1.54) is 22.7 Å². The van der Waals surface area contributed by atoms with E-state index in [0.29, 0.717) is 0 Å². The van der Waals surface area contributed by atoms with E-state index in [4.69, 9.17) is 50.5 Å². The van der Waals surface area contributed by atoms with E-state index in [1.807, 2.05) is 0 Å². The number of nitrogens with zero attached hydrogens (tertiary/aromatic N) is 4. The second kappa shape index (κ2) is 23.7. The predicted octanol–water partition coefficient (Wildman–Crippen LogP) is 10.6. The standard InChI is InChI=1S/2C22H30N2S2.Ni/c2*1-5-23(6-2)19-13-9-17(10-14-19)21(25)22(26)18-11-15-20(16-12-18)24(7-3)8-4;/h2*9-16,25-26H,5-8H2,1-4H3;/p-4/b2*22-21-;. The van der Waals surface area contributed by atoms with Gasteiger partial charge in [-0.25, -0.2) is 0 Å². The van der Waals surface area contributed by atoms with E-state index in [2.05, 4.69) is 172 Å². The number of hydrogen-bond donors (Lipinski definition) is 0. The van der Waals surface area contributed by atoms with E-state index in [0.717, 1.165) is 94.2 Å². The number of hydrogen-bond acceptors (Lipinski definition) is 8. The van der Waals surface area contributed by atoms with Gasteiger partial charge in [0.25, 0.3) is 0 Å². The Kier molecular flexibility index (Phi) is 20.6. The van der Waals surface area contributed by atoms with Gasteiger partial charge in [0.15, 0.2) is 0 Å². The van der Waals surface area contributed by atoms with Gasteiger partial charge in [0.2, 0.25) is 0 Å². The summed E-state index contributed by atoms with van der Waals surface area (Å²) in [6, 6.07) is 33.6. The van der Waals surface area contributed by atoms with Gasteiger partial charge in [0.05, 0.1) is 0 Å². The molecule has 0 saturated carbocycles. The van der Waals surface area contributed by atoms with Crippen LogP contribution in [-0.4, -0.2) is 52.4 Å². The molecule has 0 fully saturated rings. The molecule has 0 spiro atoms. The molecule has 4 nitrogen and oxygen atoms in total. The van der Waals surface area contributed by atoms with Crippen molar-refractivity contribution in [1.29, 1.82) is 0 Å². The van der Waals surface area contributed by atoms with Crippen molar-refractivity contribution in [1.82, 2.24) is 0 Å². The van der Waals surface area contributed by atoms with Crippen molar-refractivity contribution < 1.29 is 16.5 Å². The molecule has 0 aliphatic carbocycles. The molecular weight excluding hydrogens is 771 g/mol. The van der Waals surface area contributed by atoms with Crippen LogP contribution in [0.4, 0.5) is 22.7 Å². The Morgan fingerprint density at radius 2 is 0.434 bits per heavy atom. The van der Waals surface area contributed by atoms with Gasteiger partial charge < -0.3 is 70.1 Å². The first-order valence-corrected chi connectivity index (χ1v) is 20.3. The fraction of sp³-hybridized carbons (Fsp3) is 0.364. The molecule has 0 aromatic heterocycles. The van der Waals surface area contributed by atoms with E-state index in [1.54, 1.807) is 0 Å². The molecule has 0 aliphatic rings. The van der Waals surface area contributed by atoms with Crippen LogP contribution in [0.15, 0.2) is 97.1 Å². The van der Waals surface area contributed by atoms with Crippen LogP contribution in [0.2, 0.25) is 0 Å². The summed E-state index contributed by atoms with van der Waals surface area (Å²) in [6.07, 6.45) is 0. The summed E-state index contributed by atoms with van der Waals surface area (Å²) in [5.41, 5.74) is 8.91. The molecule has 53 heavy (non-hydrogen) atoms. The minimum atomic E-state index is 0. The minimum Gasteiger partial charge on any atom is -0.781 e. The van der Waals surface area contributed by atoms with Gasteiger partial charge in [0, 0.05) is 91.6 Å². The fourth-order valence-electron chi connectivity index (χ4n) is 6.17. The van der Waals surface area contributed by atoms with Gasteiger partial charge in [-0.05, 0) is 126 Å². The van der Waals surface area contributed by atoms with Crippen molar-refractivity contribution in [2.45, 2.75) is 55.4 Å². The summed E-state index contributed by atoms with van der Waals surface area (Å²) in [5.74, 6) is 0. The third kappa shape index (κ3) is 12.5. The summed E-state index contributed by atoms with van der Waals surface area (Å²) in [6.45, 7) is 25.3. The third-order valence-electron chi connectivity index (χ3n) is 9.44. The first kappa shape index (κ1) is 46.1. The summed E-state index contributed by atoms with van der Waals surface area (Å²) < 4.78 is 0. The minimum absolute atomic E-state index is 0. The molecule has 0 unspecified atom stereocenters. The maximum atomic E-state index is 5.66. The number of anilines is 4. The van der Waals surface area contributed by atoms with Crippen molar-refractivity contribution in [3.8, 4) is 0 Å². The predicted molar refractivity (Wildman–Crippen MR) is 243 cm³/mol. The molecule has 0 heterocycles. The number of rotatable bonds is 16. The van der Waals surface area contributed by atoms with Crippen molar-refractivity contribution in [3.63, 3.8) is 0 Å². The van der Waals surface area contributed by atoms with E-state index >= 15 is 0 Å². The monoisotopic (exact) mass is 826 g/mol. The Labute approximate surface area is 353 Å². The van der Waals surface area contributed by atoms with E-state index in [9.17, 15) is 0 Å². The summed E-state index contributed by atoms with van der Waals surface area (Å²) in [4.78, 5) is 12.2. The zero-order chi connectivity index (χ0) is 38.2. The zero-order valence-electron chi connectivity index (χ0n) is 32.6. The van der Waals surface area contributed by atoms with Crippen molar-refractivity contribution in [2.24, 2.45) is 0 Å². The topological polar surface area (TPSA) is 13.0 Å². The molecule has 0 saturated heterocycles. The van der Waals surface area contributed by atoms with Gasteiger partial charge >= 0.3 is 0 Å².